The summed E-state index contributed by atoms with van der Waals surface area (Å²) in [4.78, 5) is 8.79. The van der Waals surface area contributed by atoms with Gasteiger partial charge in [-0.1, -0.05) is 0 Å². The number of hydrogen-bond acceptors (Lipinski definition) is 5. The number of rotatable bonds is 5. The first kappa shape index (κ1) is 21.6. The normalized spacial score (nSPS) is 12.2. The first-order valence-corrected chi connectivity index (χ1v) is 9.01. The van der Waals surface area contributed by atoms with Gasteiger partial charge in [-0.3, -0.25) is 0 Å². The molecule has 0 saturated heterocycles. The molecule has 160 valence electrons. The molecule has 9 heteroatoms. The van der Waals surface area contributed by atoms with Gasteiger partial charge in [-0.2, -0.15) is 13.2 Å². The number of anilines is 1. The molecule has 0 saturated carbocycles. The van der Waals surface area contributed by atoms with Gasteiger partial charge in [0.05, 0.1) is 30.8 Å². The lowest BCUT2D eigenvalue weighted by atomic mass is 9.92. The number of nitrogens with one attached hydrogen (secondary N) is 1. The van der Waals surface area contributed by atoms with Crippen molar-refractivity contribution < 1.29 is 27.0 Å². The van der Waals surface area contributed by atoms with Gasteiger partial charge < -0.3 is 14.8 Å². The van der Waals surface area contributed by atoms with Gasteiger partial charge in [0.25, 0.3) is 0 Å². The fraction of sp³-hybridized carbons (Fsp3) is 0.333. The second kappa shape index (κ2) is 7.62. The minimum Gasteiger partial charge on any atom is -0.493 e. The number of methoxy groups -OCH3 is 2. The van der Waals surface area contributed by atoms with E-state index >= 15 is 0 Å². The zero-order valence-electron chi connectivity index (χ0n) is 17.1. The van der Waals surface area contributed by atoms with E-state index in [1.54, 1.807) is 32.9 Å². The van der Waals surface area contributed by atoms with Crippen LogP contribution in [0.3, 0.4) is 0 Å². The molecule has 0 radical (unpaired) electrons. The Morgan fingerprint density at radius 2 is 1.47 bits per heavy atom. The van der Waals surface area contributed by atoms with Crippen molar-refractivity contribution in [2.45, 2.75) is 32.5 Å². The molecule has 5 nitrogen and oxygen atoms in total. The maximum Gasteiger partial charge on any atom is 0.416 e. The molecule has 3 aromatic rings. The number of aryl methyl sites for hydroxylation is 1. The van der Waals surface area contributed by atoms with Crippen LogP contribution in [0, 0.1) is 12.7 Å². The minimum absolute atomic E-state index is 0.125. The Kier molecular flexibility index (Phi) is 5.49. The molecule has 0 aliphatic rings. The summed E-state index contributed by atoms with van der Waals surface area (Å²) in [5, 5.41) is 3.71. The first-order chi connectivity index (χ1) is 13.9. The predicted octanol–water partition coefficient (Wildman–Crippen LogP) is 5.46. The molecular formula is C21H21F4N3O2. The lowest BCUT2D eigenvalue weighted by Gasteiger charge is -2.29. The van der Waals surface area contributed by atoms with E-state index in [4.69, 9.17) is 9.47 Å². The van der Waals surface area contributed by atoms with Crippen molar-refractivity contribution in [2.75, 3.05) is 19.5 Å². The van der Waals surface area contributed by atoms with Crippen LogP contribution < -0.4 is 14.8 Å². The van der Waals surface area contributed by atoms with E-state index in [1.165, 1.54) is 14.2 Å². The van der Waals surface area contributed by atoms with Crippen LogP contribution >= 0.6 is 0 Å². The maximum atomic E-state index is 13.9. The number of nitrogens with zero attached hydrogens (tertiary/aromatic N) is 2. The van der Waals surface area contributed by atoms with E-state index < -0.39 is 23.1 Å². The Labute approximate surface area is 171 Å². The average Bonchev–Trinajstić information content (AvgIpc) is 2.65. The highest BCUT2D eigenvalue weighted by Gasteiger charge is 2.33. The highest BCUT2D eigenvalue weighted by atomic mass is 19.4. The van der Waals surface area contributed by atoms with Gasteiger partial charge in [0.15, 0.2) is 11.5 Å². The van der Waals surface area contributed by atoms with Crippen molar-refractivity contribution in [3.63, 3.8) is 0 Å². The van der Waals surface area contributed by atoms with Gasteiger partial charge in [-0.15, -0.1) is 0 Å². The van der Waals surface area contributed by atoms with E-state index in [-0.39, 0.29) is 5.56 Å². The Balaban J connectivity index is 2.12. The molecule has 1 heterocycles. The van der Waals surface area contributed by atoms with Crippen molar-refractivity contribution in [2.24, 2.45) is 0 Å². The molecule has 2 aromatic carbocycles. The van der Waals surface area contributed by atoms with Gasteiger partial charge >= 0.3 is 6.18 Å². The first-order valence-electron chi connectivity index (χ1n) is 9.01. The number of alkyl halides is 3. The summed E-state index contributed by atoms with van der Waals surface area (Å²) >= 11 is 0. The SMILES string of the molecule is COc1cc2nc(C)nc(NC(C)(C)c3cc(F)cc(C(F)(F)F)c3)c2cc1OC. The summed E-state index contributed by atoms with van der Waals surface area (Å²) in [6, 6.07) is 5.84. The fourth-order valence-electron chi connectivity index (χ4n) is 3.15. The minimum atomic E-state index is -4.66. The largest absolute Gasteiger partial charge is 0.493 e. The Hall–Kier alpha value is -3.10. The maximum absolute atomic E-state index is 13.9. The van der Waals surface area contributed by atoms with Crippen LogP contribution in [0.25, 0.3) is 10.9 Å². The molecule has 0 fully saturated rings. The van der Waals surface area contributed by atoms with Crippen molar-refractivity contribution in [3.8, 4) is 11.5 Å². The van der Waals surface area contributed by atoms with Gasteiger partial charge in [-0.05, 0) is 50.6 Å². The molecule has 0 bridgehead atoms. The monoisotopic (exact) mass is 423 g/mol. The van der Waals surface area contributed by atoms with Crippen molar-refractivity contribution >= 4 is 16.7 Å². The van der Waals surface area contributed by atoms with Gasteiger partial charge in [0.1, 0.15) is 17.5 Å². The molecule has 3 rings (SSSR count). The van der Waals surface area contributed by atoms with Gasteiger partial charge in [0, 0.05) is 11.5 Å². The summed E-state index contributed by atoms with van der Waals surface area (Å²) in [7, 11) is 2.99. The van der Waals surface area contributed by atoms with E-state index in [9.17, 15) is 17.6 Å². The smallest absolute Gasteiger partial charge is 0.416 e. The Morgan fingerprint density at radius 3 is 2.07 bits per heavy atom. The van der Waals surface area contributed by atoms with Crippen LogP contribution in [-0.2, 0) is 11.7 Å². The van der Waals surface area contributed by atoms with Gasteiger partial charge in [0.2, 0.25) is 0 Å². The van der Waals surface area contributed by atoms with Crippen molar-refractivity contribution in [1.82, 2.24) is 9.97 Å². The number of aromatic nitrogens is 2. The average molecular weight is 423 g/mol. The number of fused-ring (bicyclic) bond motifs is 1. The highest BCUT2D eigenvalue weighted by molar-refractivity contribution is 5.92. The topological polar surface area (TPSA) is 56.3 Å². The Bertz CT molecular complexity index is 1100. The van der Waals surface area contributed by atoms with E-state index in [1.807, 2.05) is 0 Å². The molecule has 0 aliphatic heterocycles. The van der Waals surface area contributed by atoms with Gasteiger partial charge in [-0.25, -0.2) is 14.4 Å². The molecule has 0 spiro atoms. The summed E-state index contributed by atoms with van der Waals surface area (Å²) < 4.78 is 64.0. The number of halogens is 4. The second-order valence-corrected chi connectivity index (χ2v) is 7.32. The zero-order valence-corrected chi connectivity index (χ0v) is 17.1. The third-order valence-corrected chi connectivity index (χ3v) is 4.69. The molecule has 1 N–H and O–H groups in total. The number of hydrogen-bond donors (Lipinski definition) is 1. The van der Waals surface area contributed by atoms with Crippen LogP contribution in [0.2, 0.25) is 0 Å². The third kappa shape index (κ3) is 4.24. The standard InChI is InChI=1S/C21H21F4N3O2/c1-11-26-16-10-18(30-5)17(29-4)9-15(16)19(27-11)28-20(2,3)12-6-13(21(23,24)25)8-14(22)7-12/h6-10H,1-5H3,(H,26,27,28). The lowest BCUT2D eigenvalue weighted by molar-refractivity contribution is -0.137. The molecule has 0 atom stereocenters. The van der Waals surface area contributed by atoms with Crippen molar-refractivity contribution in [3.05, 3.63) is 53.1 Å². The molecule has 1 aromatic heterocycles. The summed E-state index contributed by atoms with van der Waals surface area (Å²) in [6.07, 6.45) is -4.66. The number of benzene rings is 2. The molecular weight excluding hydrogens is 402 g/mol. The van der Waals surface area contributed by atoms with Crippen LogP contribution in [0.15, 0.2) is 30.3 Å². The lowest BCUT2D eigenvalue weighted by Crippen LogP contribution is -2.29. The van der Waals surface area contributed by atoms with Crippen molar-refractivity contribution in [1.29, 1.82) is 0 Å². The van der Waals surface area contributed by atoms with Crippen LogP contribution in [0.1, 0.15) is 30.8 Å². The van der Waals surface area contributed by atoms with Crippen LogP contribution in [0.4, 0.5) is 23.4 Å². The second-order valence-electron chi connectivity index (χ2n) is 7.32. The van der Waals surface area contributed by atoms with Crippen LogP contribution in [0.5, 0.6) is 11.5 Å². The Morgan fingerprint density at radius 1 is 0.867 bits per heavy atom. The highest BCUT2D eigenvalue weighted by Crippen LogP contribution is 2.37. The third-order valence-electron chi connectivity index (χ3n) is 4.69. The fourth-order valence-corrected chi connectivity index (χ4v) is 3.15. The molecule has 30 heavy (non-hydrogen) atoms. The predicted molar refractivity (Wildman–Crippen MR) is 105 cm³/mol. The summed E-state index contributed by atoms with van der Waals surface area (Å²) in [5.74, 6) is 0.783. The molecule has 0 unspecified atom stereocenters. The molecule has 0 amide bonds. The molecule has 0 aliphatic carbocycles. The zero-order chi connectivity index (χ0) is 22.3. The summed E-state index contributed by atoms with van der Waals surface area (Å²) in [6.45, 7) is 4.98. The summed E-state index contributed by atoms with van der Waals surface area (Å²) in [5.41, 5.74) is -1.45. The van der Waals surface area contributed by atoms with E-state index in [0.717, 1.165) is 12.1 Å². The van der Waals surface area contributed by atoms with E-state index in [2.05, 4.69) is 15.3 Å². The number of ether oxygens (including phenoxy) is 2. The quantitative estimate of drug-likeness (QED) is 0.553. The van der Waals surface area contributed by atoms with Crippen LogP contribution in [-0.4, -0.2) is 24.2 Å². The van der Waals surface area contributed by atoms with E-state index in [0.29, 0.717) is 40.1 Å².